The van der Waals surface area contributed by atoms with E-state index in [0.717, 1.165) is 34.9 Å². The van der Waals surface area contributed by atoms with Gasteiger partial charge in [-0.1, -0.05) is 28.1 Å². The quantitative estimate of drug-likeness (QED) is 0.514. The van der Waals surface area contributed by atoms with Gasteiger partial charge in [0.05, 0.1) is 18.9 Å². The maximum absolute atomic E-state index is 13.0. The number of carbonyl (C=O) groups is 1. The summed E-state index contributed by atoms with van der Waals surface area (Å²) in [4.78, 5) is 14.6. The normalized spacial score (nSPS) is 18.6. The molecule has 0 saturated heterocycles. The highest BCUT2D eigenvalue weighted by molar-refractivity contribution is 9.10. The lowest BCUT2D eigenvalue weighted by Crippen LogP contribution is -2.34. The third kappa shape index (κ3) is 6.11. The van der Waals surface area contributed by atoms with Crippen molar-refractivity contribution in [2.45, 2.75) is 51.7 Å². The molecule has 31 heavy (non-hydrogen) atoms. The van der Waals surface area contributed by atoms with Crippen LogP contribution in [0.15, 0.2) is 64.8 Å². The molecule has 2 aromatic rings. The summed E-state index contributed by atoms with van der Waals surface area (Å²) in [5.41, 5.74) is 1.98. The van der Waals surface area contributed by atoms with E-state index in [1.54, 1.807) is 7.11 Å². The molecule has 1 amide bonds. The predicted octanol–water partition coefficient (Wildman–Crippen LogP) is 6.62. The van der Waals surface area contributed by atoms with Crippen LogP contribution in [-0.4, -0.2) is 23.9 Å². The van der Waals surface area contributed by atoms with Gasteiger partial charge < -0.3 is 14.6 Å². The van der Waals surface area contributed by atoms with Gasteiger partial charge in [-0.05, 0) is 87.6 Å². The Morgan fingerprint density at radius 3 is 2.39 bits per heavy atom. The number of hydrogen-bond acceptors (Lipinski definition) is 4. The number of amides is 1. The molecule has 1 aliphatic carbocycles. The minimum atomic E-state index is -0.627. The Bertz CT molecular complexity index is 916. The van der Waals surface area contributed by atoms with Crippen LogP contribution < -0.4 is 9.64 Å². The van der Waals surface area contributed by atoms with Crippen molar-refractivity contribution in [3.63, 3.8) is 0 Å². The Balaban J connectivity index is 1.93. The minimum absolute atomic E-state index is 0.0515. The first-order valence-corrected chi connectivity index (χ1v) is 11.3. The summed E-state index contributed by atoms with van der Waals surface area (Å²) in [6.07, 6.45) is 3.43. The second-order valence-corrected chi connectivity index (χ2v) is 9.66. The van der Waals surface area contributed by atoms with Gasteiger partial charge in [-0.15, -0.1) is 0 Å². The fourth-order valence-corrected chi connectivity index (χ4v) is 4.03. The number of hydrogen-bond donors (Lipinski definition) is 1. The number of benzene rings is 2. The first-order valence-electron chi connectivity index (χ1n) is 10.5. The number of anilines is 1. The van der Waals surface area contributed by atoms with Crippen LogP contribution in [0, 0.1) is 5.92 Å². The number of ether oxygens (including phenoxy) is 2. The van der Waals surface area contributed by atoms with Gasteiger partial charge in [0.25, 0.3) is 0 Å². The molecule has 2 aromatic carbocycles. The van der Waals surface area contributed by atoms with Crippen LogP contribution >= 0.6 is 15.9 Å². The number of methoxy groups -OCH3 is 1. The maximum Gasteiger partial charge on any atom is 0.418 e. The van der Waals surface area contributed by atoms with Crippen molar-refractivity contribution < 1.29 is 19.4 Å². The molecule has 1 fully saturated rings. The van der Waals surface area contributed by atoms with E-state index in [2.05, 4.69) is 15.9 Å². The second kappa shape index (κ2) is 9.88. The number of rotatable bonds is 5. The summed E-state index contributed by atoms with van der Waals surface area (Å²) in [6.45, 7) is 5.54. The summed E-state index contributed by atoms with van der Waals surface area (Å²) in [5, 5.41) is 11.1. The van der Waals surface area contributed by atoms with E-state index in [1.807, 2.05) is 75.5 Å². The number of halogens is 1. The van der Waals surface area contributed by atoms with E-state index in [1.165, 1.54) is 4.90 Å². The molecule has 2 atom stereocenters. The highest BCUT2D eigenvalue weighted by Gasteiger charge is 2.31. The molecule has 1 N–H and O–H groups in total. The number of carbonyl (C=O) groups excluding carboxylic acids is 1. The third-order valence-electron chi connectivity index (χ3n) is 5.29. The zero-order valence-corrected chi connectivity index (χ0v) is 20.1. The van der Waals surface area contributed by atoms with E-state index in [-0.39, 0.29) is 5.92 Å². The average molecular weight is 488 g/mol. The number of nitrogens with zero attached hydrogens (tertiary/aromatic N) is 1. The summed E-state index contributed by atoms with van der Waals surface area (Å²) < 4.78 is 11.9. The molecule has 5 nitrogen and oxygen atoms in total. The van der Waals surface area contributed by atoms with Crippen LogP contribution in [0.5, 0.6) is 5.75 Å². The van der Waals surface area contributed by atoms with Gasteiger partial charge in [-0.3, -0.25) is 4.90 Å². The van der Waals surface area contributed by atoms with Crippen molar-refractivity contribution in [3.05, 3.63) is 70.3 Å². The Labute approximate surface area is 192 Å². The molecule has 0 radical (unpaired) electrons. The van der Waals surface area contributed by atoms with E-state index < -0.39 is 17.8 Å². The molecule has 0 spiro atoms. The fourth-order valence-electron chi connectivity index (χ4n) is 3.76. The Kier molecular flexibility index (Phi) is 7.44. The lowest BCUT2D eigenvalue weighted by atomic mass is 9.91. The summed E-state index contributed by atoms with van der Waals surface area (Å²) >= 11 is 3.44. The van der Waals surface area contributed by atoms with Gasteiger partial charge in [0, 0.05) is 16.6 Å². The number of aliphatic hydroxyl groups is 1. The molecule has 0 aromatic heterocycles. The van der Waals surface area contributed by atoms with Crippen molar-refractivity contribution in [3.8, 4) is 5.75 Å². The first kappa shape index (κ1) is 23.4. The van der Waals surface area contributed by atoms with Gasteiger partial charge in [-0.2, -0.15) is 0 Å². The lowest BCUT2D eigenvalue weighted by Gasteiger charge is -2.27. The molecule has 0 unspecified atom stereocenters. The van der Waals surface area contributed by atoms with Crippen LogP contribution in [0.25, 0.3) is 0 Å². The van der Waals surface area contributed by atoms with Crippen molar-refractivity contribution in [2.24, 2.45) is 5.92 Å². The summed E-state index contributed by atoms with van der Waals surface area (Å²) in [6, 6.07) is 15.0. The van der Waals surface area contributed by atoms with Crippen molar-refractivity contribution in [1.29, 1.82) is 0 Å². The van der Waals surface area contributed by atoms with Crippen molar-refractivity contribution in [2.75, 3.05) is 12.0 Å². The van der Waals surface area contributed by atoms with E-state index in [4.69, 9.17) is 9.47 Å². The van der Waals surface area contributed by atoms with E-state index in [0.29, 0.717) is 11.4 Å². The topological polar surface area (TPSA) is 59.0 Å². The van der Waals surface area contributed by atoms with Gasteiger partial charge in [-0.25, -0.2) is 4.79 Å². The fraction of sp³-hybridized carbons (Fsp3) is 0.400. The molecule has 0 heterocycles. The monoisotopic (exact) mass is 487 g/mol. The molecule has 166 valence electrons. The number of aliphatic hydroxyl groups excluding tert-OH is 1. The van der Waals surface area contributed by atoms with Crippen LogP contribution in [-0.2, 0) is 4.74 Å². The van der Waals surface area contributed by atoms with Crippen LogP contribution in [0.3, 0.4) is 0 Å². The van der Waals surface area contributed by atoms with E-state index in [9.17, 15) is 9.90 Å². The smallest absolute Gasteiger partial charge is 0.418 e. The lowest BCUT2D eigenvalue weighted by molar-refractivity contribution is 0.0595. The van der Waals surface area contributed by atoms with Gasteiger partial charge >= 0.3 is 6.09 Å². The molecule has 0 bridgehead atoms. The van der Waals surface area contributed by atoms with Crippen molar-refractivity contribution >= 4 is 27.7 Å². The Morgan fingerprint density at radius 2 is 1.81 bits per heavy atom. The van der Waals surface area contributed by atoms with Crippen LogP contribution in [0.2, 0.25) is 0 Å². The molecule has 1 saturated carbocycles. The highest BCUT2D eigenvalue weighted by Crippen LogP contribution is 2.41. The van der Waals surface area contributed by atoms with E-state index >= 15 is 0 Å². The average Bonchev–Trinajstić information content (AvgIpc) is 3.19. The van der Waals surface area contributed by atoms with Crippen molar-refractivity contribution in [1.82, 2.24) is 0 Å². The summed E-state index contributed by atoms with van der Waals surface area (Å²) in [7, 11) is 1.61. The first-order chi connectivity index (χ1) is 14.7. The largest absolute Gasteiger partial charge is 0.497 e. The zero-order chi connectivity index (χ0) is 22.6. The minimum Gasteiger partial charge on any atom is -0.497 e. The van der Waals surface area contributed by atoms with Crippen LogP contribution in [0.1, 0.15) is 51.7 Å². The molecule has 1 aliphatic rings. The van der Waals surface area contributed by atoms with Gasteiger partial charge in [0.2, 0.25) is 0 Å². The third-order valence-corrected chi connectivity index (χ3v) is 5.81. The molecular formula is C25H30BrNO4. The standard InChI is InChI=1S/C25H30BrNO4/c1-25(2,3)31-24(29)27(20-12-14-21(30-4)15-13-20)16-18-6-5-7-22(18)23(28)17-8-10-19(26)11-9-17/h8-16,22-23,28H,5-7H2,1-4H3/b18-16-/t22-,23+/m1/s1. The molecule has 3 rings (SSSR count). The Morgan fingerprint density at radius 1 is 1.16 bits per heavy atom. The van der Waals surface area contributed by atoms with Gasteiger partial charge in [0.1, 0.15) is 11.4 Å². The summed E-state index contributed by atoms with van der Waals surface area (Å²) in [5.74, 6) is 0.661. The van der Waals surface area contributed by atoms with Gasteiger partial charge in [0.15, 0.2) is 0 Å². The zero-order valence-electron chi connectivity index (χ0n) is 18.5. The second-order valence-electron chi connectivity index (χ2n) is 8.75. The van der Waals surface area contributed by atoms with Crippen LogP contribution in [0.4, 0.5) is 10.5 Å². The Hall–Kier alpha value is -2.31. The SMILES string of the molecule is COc1ccc(N(/C=C2/CCC[C@H]2[C@@H](O)c2ccc(Br)cc2)C(=O)OC(C)(C)C)cc1. The maximum atomic E-state index is 13.0. The predicted molar refractivity (Wildman–Crippen MR) is 126 cm³/mol. The molecular weight excluding hydrogens is 458 g/mol. The molecule has 0 aliphatic heterocycles. The molecule has 6 heteroatoms. The highest BCUT2D eigenvalue weighted by atomic mass is 79.9.